The molecule has 1 aromatic rings. The van der Waals surface area contributed by atoms with Crippen molar-refractivity contribution in [2.45, 2.75) is 53.4 Å². The van der Waals surface area contributed by atoms with Crippen LogP contribution in [-0.2, 0) is 38.7 Å². The summed E-state index contributed by atoms with van der Waals surface area (Å²) in [5.74, 6) is 2.14. The Morgan fingerprint density at radius 2 is 1.60 bits per heavy atom. The molecule has 3 rings (SSSR count). The molecule has 0 aromatic heterocycles. The van der Waals surface area contributed by atoms with Crippen molar-refractivity contribution >= 4 is 6.08 Å². The molecule has 1 radical (unpaired) electrons. The van der Waals surface area contributed by atoms with Crippen molar-refractivity contribution in [3.05, 3.63) is 46.4 Å². The average molecular weight is 432 g/mol. The van der Waals surface area contributed by atoms with Crippen molar-refractivity contribution in [2.24, 2.45) is 11.3 Å². The van der Waals surface area contributed by atoms with Gasteiger partial charge >= 0.3 is 0 Å². The average Bonchev–Trinajstić information content (AvgIpc) is 2.96. The molecule has 20 heavy (non-hydrogen) atoms. The quantitative estimate of drug-likeness (QED) is 0.577. The maximum absolute atomic E-state index is 2.49. The molecular formula is C19H25Hf. The largest absolute Gasteiger partial charge is 0.0719 e. The van der Waals surface area contributed by atoms with Crippen LogP contribution in [0.3, 0.4) is 0 Å². The first kappa shape index (κ1) is 16.2. The van der Waals surface area contributed by atoms with Gasteiger partial charge in [0.2, 0.25) is 0 Å². The molecule has 1 heteroatoms. The van der Waals surface area contributed by atoms with Crippen LogP contribution in [0.2, 0.25) is 0 Å². The fraction of sp³-hybridized carbons (Fsp3) is 0.526. The molecule has 2 aliphatic rings. The van der Waals surface area contributed by atoms with Crippen LogP contribution in [0.1, 0.15) is 62.8 Å². The van der Waals surface area contributed by atoms with Crippen LogP contribution in [0.15, 0.2) is 18.2 Å². The van der Waals surface area contributed by atoms with E-state index in [0.717, 1.165) is 0 Å². The van der Waals surface area contributed by atoms with Gasteiger partial charge in [0, 0.05) is 31.8 Å². The number of benzene rings is 1. The van der Waals surface area contributed by atoms with Crippen molar-refractivity contribution in [3.8, 4) is 0 Å². The monoisotopic (exact) mass is 433 g/mol. The maximum Gasteiger partial charge on any atom is 0.0298 e. The molecule has 0 nitrogen and oxygen atoms in total. The van der Waals surface area contributed by atoms with E-state index in [9.17, 15) is 0 Å². The summed E-state index contributed by atoms with van der Waals surface area (Å²) in [6.07, 6.45) is 9.81. The van der Waals surface area contributed by atoms with Crippen LogP contribution in [0, 0.1) is 17.3 Å². The van der Waals surface area contributed by atoms with E-state index in [-0.39, 0.29) is 25.8 Å². The SMILES string of the molecule is CCC1(CC)Cc2cc3c(cc2C1)[C](C(C)C)C=C3.[Hf]. The van der Waals surface area contributed by atoms with Crippen molar-refractivity contribution in [2.75, 3.05) is 0 Å². The van der Waals surface area contributed by atoms with Gasteiger partial charge in [0.25, 0.3) is 0 Å². The molecule has 0 saturated carbocycles. The Labute approximate surface area is 142 Å². The van der Waals surface area contributed by atoms with Crippen LogP contribution in [0.5, 0.6) is 0 Å². The van der Waals surface area contributed by atoms with Gasteiger partial charge in [-0.15, -0.1) is 0 Å². The Morgan fingerprint density at radius 1 is 1.00 bits per heavy atom. The zero-order valence-corrected chi connectivity index (χ0v) is 16.8. The summed E-state index contributed by atoms with van der Waals surface area (Å²) in [6, 6.07) is 4.96. The molecule has 2 aliphatic carbocycles. The van der Waals surface area contributed by atoms with Gasteiger partial charge in [0.1, 0.15) is 0 Å². The standard InChI is InChI=1S/C19H25.Hf/c1-5-19(6-2)11-15-9-14-7-8-17(13(3)4)18(14)10-16(15)12-19;/h7-10,13H,5-6,11-12H2,1-4H3;. The van der Waals surface area contributed by atoms with E-state index in [0.29, 0.717) is 11.3 Å². The minimum absolute atomic E-state index is 0. The molecular weight excluding hydrogens is 407 g/mol. The van der Waals surface area contributed by atoms with Gasteiger partial charge in [-0.25, -0.2) is 0 Å². The second-order valence-corrected chi connectivity index (χ2v) is 6.71. The second-order valence-electron chi connectivity index (χ2n) is 6.71. The van der Waals surface area contributed by atoms with Gasteiger partial charge in [-0.2, -0.15) is 0 Å². The molecule has 0 amide bonds. The van der Waals surface area contributed by atoms with Crippen molar-refractivity contribution < 1.29 is 25.8 Å². The van der Waals surface area contributed by atoms with E-state index in [2.05, 4.69) is 52.0 Å². The smallest absolute Gasteiger partial charge is 0.0298 e. The topological polar surface area (TPSA) is 0 Å². The first-order chi connectivity index (χ1) is 9.08. The Balaban J connectivity index is 0.00000147. The number of hydrogen-bond donors (Lipinski definition) is 0. The van der Waals surface area contributed by atoms with E-state index in [4.69, 9.17) is 0 Å². The van der Waals surface area contributed by atoms with E-state index in [1.54, 1.807) is 11.1 Å². The van der Waals surface area contributed by atoms with Crippen molar-refractivity contribution in [1.82, 2.24) is 0 Å². The summed E-state index contributed by atoms with van der Waals surface area (Å²) in [4.78, 5) is 0. The predicted molar refractivity (Wildman–Crippen MR) is 83.1 cm³/mol. The van der Waals surface area contributed by atoms with E-state index in [1.807, 2.05) is 0 Å². The van der Waals surface area contributed by atoms with E-state index < -0.39 is 0 Å². The Bertz CT molecular complexity index is 521. The Hall–Kier alpha value is -0.170. The van der Waals surface area contributed by atoms with Crippen molar-refractivity contribution in [3.63, 3.8) is 0 Å². The molecule has 1 aromatic carbocycles. The molecule has 0 aliphatic heterocycles. The molecule has 0 spiro atoms. The molecule has 0 N–H and O–H groups in total. The minimum atomic E-state index is 0. The molecule has 105 valence electrons. The molecule has 0 heterocycles. The first-order valence-electron chi connectivity index (χ1n) is 7.79. The molecule has 0 atom stereocenters. The fourth-order valence-electron chi connectivity index (χ4n) is 3.82. The van der Waals surface area contributed by atoms with Crippen LogP contribution in [-0.4, -0.2) is 0 Å². The third-order valence-electron chi connectivity index (χ3n) is 5.38. The van der Waals surface area contributed by atoms with E-state index >= 15 is 0 Å². The number of fused-ring (bicyclic) bond motifs is 2. The summed E-state index contributed by atoms with van der Waals surface area (Å²) in [6.45, 7) is 9.30. The summed E-state index contributed by atoms with van der Waals surface area (Å²) in [5, 5.41) is 0. The summed E-state index contributed by atoms with van der Waals surface area (Å²) < 4.78 is 0. The molecule has 0 fully saturated rings. The minimum Gasteiger partial charge on any atom is -0.0719 e. The van der Waals surface area contributed by atoms with E-state index in [1.165, 1.54) is 42.7 Å². The van der Waals surface area contributed by atoms with Gasteiger partial charge < -0.3 is 0 Å². The second kappa shape index (κ2) is 5.91. The Kier molecular flexibility index (Phi) is 4.79. The van der Waals surface area contributed by atoms with Gasteiger partial charge in [-0.05, 0) is 59.3 Å². The third kappa shape index (κ3) is 2.51. The number of hydrogen-bond acceptors (Lipinski definition) is 0. The maximum atomic E-state index is 2.49. The first-order valence-corrected chi connectivity index (χ1v) is 7.79. The summed E-state index contributed by atoms with van der Waals surface area (Å²) in [7, 11) is 0. The Morgan fingerprint density at radius 3 is 2.15 bits per heavy atom. The molecule has 0 saturated heterocycles. The predicted octanol–water partition coefficient (Wildman–Crippen LogP) is 5.19. The van der Waals surface area contributed by atoms with Gasteiger partial charge in [0.05, 0.1) is 0 Å². The van der Waals surface area contributed by atoms with Gasteiger partial charge in [0.15, 0.2) is 0 Å². The zero-order chi connectivity index (χ0) is 13.6. The third-order valence-corrected chi connectivity index (χ3v) is 5.38. The van der Waals surface area contributed by atoms with Crippen molar-refractivity contribution in [1.29, 1.82) is 0 Å². The number of rotatable bonds is 3. The van der Waals surface area contributed by atoms with Crippen LogP contribution in [0.25, 0.3) is 6.08 Å². The van der Waals surface area contributed by atoms with Crippen LogP contribution in [0.4, 0.5) is 0 Å². The summed E-state index contributed by atoms with van der Waals surface area (Å²) >= 11 is 0. The summed E-state index contributed by atoms with van der Waals surface area (Å²) in [5.41, 5.74) is 6.71. The van der Waals surface area contributed by atoms with Gasteiger partial charge in [-0.3, -0.25) is 0 Å². The normalized spacial score (nSPS) is 19.1. The van der Waals surface area contributed by atoms with Crippen LogP contribution >= 0.6 is 0 Å². The fourth-order valence-corrected chi connectivity index (χ4v) is 3.82. The number of allylic oxidation sites excluding steroid dienone is 1. The van der Waals surface area contributed by atoms with Crippen LogP contribution < -0.4 is 0 Å². The molecule has 0 unspecified atom stereocenters. The zero-order valence-electron chi connectivity index (χ0n) is 13.2. The molecule has 0 bridgehead atoms. The van der Waals surface area contributed by atoms with Gasteiger partial charge in [-0.1, -0.05) is 52.0 Å².